The zero-order chi connectivity index (χ0) is 20.4. The third kappa shape index (κ3) is 4.41. The zero-order valence-corrected chi connectivity index (χ0v) is 17.4. The highest BCUT2D eigenvalue weighted by Gasteiger charge is 2.22. The van der Waals surface area contributed by atoms with Crippen LogP contribution in [0.5, 0.6) is 0 Å². The molecule has 0 atom stereocenters. The number of benzene rings is 1. The summed E-state index contributed by atoms with van der Waals surface area (Å²) in [5.41, 5.74) is 3.92. The standard InChI is InChI=1S/C21H24ClFN6/c1-15-19(20(22)29(26-15)13-17-3-5-18(23)6-4-17)14-27-9-11-28(12-10-27)21-16(2)24-7-8-25-21/h3-8H,9-14H2,1-2H3. The molecule has 3 heterocycles. The van der Waals surface area contributed by atoms with Gasteiger partial charge in [-0.25, -0.2) is 14.1 Å². The van der Waals surface area contributed by atoms with Gasteiger partial charge in [-0.15, -0.1) is 0 Å². The number of rotatable bonds is 5. The van der Waals surface area contributed by atoms with Gasteiger partial charge >= 0.3 is 0 Å². The number of piperazine rings is 1. The van der Waals surface area contributed by atoms with Crippen LogP contribution in [0, 0.1) is 19.7 Å². The van der Waals surface area contributed by atoms with Gasteiger partial charge in [-0.2, -0.15) is 5.10 Å². The Kier molecular flexibility index (Phi) is 5.78. The first-order valence-electron chi connectivity index (χ1n) is 9.72. The zero-order valence-electron chi connectivity index (χ0n) is 16.6. The Bertz CT molecular complexity index is 979. The number of aryl methyl sites for hydroxylation is 2. The highest BCUT2D eigenvalue weighted by Crippen LogP contribution is 2.24. The molecule has 0 amide bonds. The first-order valence-corrected chi connectivity index (χ1v) is 10.1. The van der Waals surface area contributed by atoms with Crippen molar-refractivity contribution in [2.24, 2.45) is 0 Å². The molecule has 0 saturated carbocycles. The van der Waals surface area contributed by atoms with Gasteiger partial charge in [0.1, 0.15) is 16.8 Å². The maximum atomic E-state index is 13.1. The molecule has 1 fully saturated rings. The maximum absolute atomic E-state index is 13.1. The highest BCUT2D eigenvalue weighted by atomic mass is 35.5. The summed E-state index contributed by atoms with van der Waals surface area (Å²) in [6, 6.07) is 6.43. The van der Waals surface area contributed by atoms with Crippen LogP contribution in [0.4, 0.5) is 10.2 Å². The van der Waals surface area contributed by atoms with E-state index in [0.717, 1.165) is 61.1 Å². The van der Waals surface area contributed by atoms with Gasteiger partial charge in [0.05, 0.1) is 17.9 Å². The lowest BCUT2D eigenvalue weighted by Crippen LogP contribution is -2.46. The van der Waals surface area contributed by atoms with Gasteiger partial charge < -0.3 is 4.90 Å². The fourth-order valence-electron chi connectivity index (χ4n) is 3.69. The van der Waals surface area contributed by atoms with Crippen molar-refractivity contribution in [2.75, 3.05) is 31.1 Å². The third-order valence-electron chi connectivity index (χ3n) is 5.34. The minimum absolute atomic E-state index is 0.243. The van der Waals surface area contributed by atoms with E-state index >= 15 is 0 Å². The van der Waals surface area contributed by atoms with Gasteiger partial charge in [-0.05, 0) is 31.5 Å². The molecule has 1 aliphatic rings. The van der Waals surface area contributed by atoms with E-state index in [1.54, 1.807) is 29.2 Å². The number of nitrogens with zero attached hydrogens (tertiary/aromatic N) is 6. The molecule has 0 unspecified atom stereocenters. The van der Waals surface area contributed by atoms with Crippen molar-refractivity contribution in [1.82, 2.24) is 24.6 Å². The average molecular weight is 415 g/mol. The van der Waals surface area contributed by atoms with E-state index in [9.17, 15) is 4.39 Å². The van der Waals surface area contributed by atoms with Crippen molar-refractivity contribution in [3.8, 4) is 0 Å². The largest absolute Gasteiger partial charge is 0.353 e. The molecule has 4 rings (SSSR count). The number of hydrogen-bond acceptors (Lipinski definition) is 5. The van der Waals surface area contributed by atoms with E-state index in [1.165, 1.54) is 12.1 Å². The predicted molar refractivity (Wildman–Crippen MR) is 112 cm³/mol. The fourth-order valence-corrected chi connectivity index (χ4v) is 3.98. The first kappa shape index (κ1) is 19.8. The van der Waals surface area contributed by atoms with Crippen LogP contribution in [0.3, 0.4) is 0 Å². The van der Waals surface area contributed by atoms with E-state index in [2.05, 4.69) is 24.9 Å². The molecule has 1 aromatic carbocycles. The maximum Gasteiger partial charge on any atom is 0.150 e. The molecule has 0 spiro atoms. The Hall–Kier alpha value is -2.51. The smallest absolute Gasteiger partial charge is 0.150 e. The summed E-state index contributed by atoms with van der Waals surface area (Å²) < 4.78 is 14.9. The van der Waals surface area contributed by atoms with Crippen molar-refractivity contribution >= 4 is 17.4 Å². The minimum Gasteiger partial charge on any atom is -0.353 e. The summed E-state index contributed by atoms with van der Waals surface area (Å²) >= 11 is 6.65. The van der Waals surface area contributed by atoms with Crippen LogP contribution in [0.25, 0.3) is 0 Å². The van der Waals surface area contributed by atoms with Crippen molar-refractivity contribution in [1.29, 1.82) is 0 Å². The molecular weight excluding hydrogens is 391 g/mol. The second-order valence-electron chi connectivity index (χ2n) is 7.37. The van der Waals surface area contributed by atoms with Gasteiger partial charge in [-0.3, -0.25) is 9.88 Å². The van der Waals surface area contributed by atoms with Crippen LogP contribution >= 0.6 is 11.6 Å². The summed E-state index contributed by atoms with van der Waals surface area (Å²) in [5.74, 6) is 0.724. The van der Waals surface area contributed by atoms with Crippen molar-refractivity contribution in [3.63, 3.8) is 0 Å². The van der Waals surface area contributed by atoms with Crippen LogP contribution in [0.2, 0.25) is 5.15 Å². The molecule has 29 heavy (non-hydrogen) atoms. The molecule has 6 nitrogen and oxygen atoms in total. The van der Waals surface area contributed by atoms with Crippen LogP contribution in [-0.2, 0) is 13.1 Å². The first-order chi connectivity index (χ1) is 14.0. The molecule has 8 heteroatoms. The Morgan fingerprint density at radius 2 is 1.62 bits per heavy atom. The molecule has 0 radical (unpaired) electrons. The topological polar surface area (TPSA) is 50.1 Å². The number of anilines is 1. The van der Waals surface area contributed by atoms with Gasteiger partial charge in [0.25, 0.3) is 0 Å². The normalized spacial score (nSPS) is 15.1. The van der Waals surface area contributed by atoms with E-state index < -0.39 is 0 Å². The number of aromatic nitrogens is 4. The van der Waals surface area contributed by atoms with Crippen molar-refractivity contribution in [2.45, 2.75) is 26.9 Å². The lowest BCUT2D eigenvalue weighted by molar-refractivity contribution is 0.248. The lowest BCUT2D eigenvalue weighted by atomic mass is 10.2. The number of hydrogen-bond donors (Lipinski definition) is 0. The lowest BCUT2D eigenvalue weighted by Gasteiger charge is -2.35. The predicted octanol–water partition coefficient (Wildman–Crippen LogP) is 3.45. The van der Waals surface area contributed by atoms with Crippen LogP contribution in [-0.4, -0.2) is 50.8 Å². The summed E-state index contributed by atoms with van der Waals surface area (Å²) in [5, 5.41) is 5.26. The Labute approximate surface area is 174 Å². The number of halogens is 2. The van der Waals surface area contributed by atoms with E-state index in [4.69, 9.17) is 11.6 Å². The Morgan fingerprint density at radius 3 is 2.31 bits per heavy atom. The second-order valence-corrected chi connectivity index (χ2v) is 7.73. The molecule has 1 saturated heterocycles. The van der Waals surface area contributed by atoms with Gasteiger partial charge in [0, 0.05) is 50.7 Å². The molecule has 0 bridgehead atoms. The molecule has 2 aromatic heterocycles. The van der Waals surface area contributed by atoms with E-state index in [0.29, 0.717) is 11.7 Å². The summed E-state index contributed by atoms with van der Waals surface area (Å²) in [6.07, 6.45) is 3.47. The summed E-state index contributed by atoms with van der Waals surface area (Å²) in [7, 11) is 0. The summed E-state index contributed by atoms with van der Waals surface area (Å²) in [4.78, 5) is 13.5. The summed E-state index contributed by atoms with van der Waals surface area (Å²) in [6.45, 7) is 8.93. The minimum atomic E-state index is -0.243. The van der Waals surface area contributed by atoms with Crippen LogP contribution in [0.1, 0.15) is 22.5 Å². The average Bonchev–Trinajstić information content (AvgIpc) is 2.98. The SMILES string of the molecule is Cc1nccnc1N1CCN(Cc2c(C)nn(Cc3ccc(F)cc3)c2Cl)CC1. The molecular formula is C21H24ClFN6. The van der Waals surface area contributed by atoms with Gasteiger partial charge in [-0.1, -0.05) is 23.7 Å². The van der Waals surface area contributed by atoms with Crippen LogP contribution < -0.4 is 4.90 Å². The fraction of sp³-hybridized carbons (Fsp3) is 0.381. The molecule has 3 aromatic rings. The quantitative estimate of drug-likeness (QED) is 0.640. The second kappa shape index (κ2) is 8.47. The monoisotopic (exact) mass is 414 g/mol. The van der Waals surface area contributed by atoms with E-state index in [1.807, 2.05) is 13.8 Å². The molecule has 1 aliphatic heterocycles. The van der Waals surface area contributed by atoms with Gasteiger partial charge in [0.15, 0.2) is 0 Å². The Balaban J connectivity index is 1.41. The third-order valence-corrected chi connectivity index (χ3v) is 5.76. The van der Waals surface area contributed by atoms with Gasteiger partial charge in [0.2, 0.25) is 0 Å². The molecule has 0 N–H and O–H groups in total. The highest BCUT2D eigenvalue weighted by molar-refractivity contribution is 6.30. The van der Waals surface area contributed by atoms with Crippen molar-refractivity contribution in [3.05, 3.63) is 70.1 Å². The van der Waals surface area contributed by atoms with Crippen molar-refractivity contribution < 1.29 is 4.39 Å². The molecule has 152 valence electrons. The molecule has 0 aliphatic carbocycles. The Morgan fingerprint density at radius 1 is 0.931 bits per heavy atom. The van der Waals surface area contributed by atoms with E-state index in [-0.39, 0.29) is 5.82 Å². The van der Waals surface area contributed by atoms with Crippen LogP contribution in [0.15, 0.2) is 36.7 Å².